The number of nitrogens with two attached hydrogens (primary N) is 1. The minimum Gasteiger partial charge on any atom is -0.500 e. The number of carbonyl (C=O) groups excluding carboxylic acids is 3. The summed E-state index contributed by atoms with van der Waals surface area (Å²) in [6.07, 6.45) is 4.66. The van der Waals surface area contributed by atoms with Gasteiger partial charge in [-0.2, -0.15) is 0 Å². The topological polar surface area (TPSA) is 110 Å². The van der Waals surface area contributed by atoms with E-state index in [1.54, 1.807) is 0 Å². The third-order valence-electron chi connectivity index (χ3n) is 5.71. The molecular weight excluding hydrogens is 432 g/mol. The highest BCUT2D eigenvalue weighted by molar-refractivity contribution is 6.18. The van der Waals surface area contributed by atoms with Gasteiger partial charge in [-0.15, -0.1) is 0 Å². The second-order valence-corrected chi connectivity index (χ2v) is 9.08. The third-order valence-corrected chi connectivity index (χ3v) is 5.71. The summed E-state index contributed by atoms with van der Waals surface area (Å²) in [5.41, 5.74) is 7.08. The van der Waals surface area contributed by atoms with Crippen LogP contribution in [0.2, 0.25) is 0 Å². The van der Waals surface area contributed by atoms with Crippen LogP contribution in [0.15, 0.2) is 47.9 Å². The molecule has 1 aromatic rings. The number of methoxy groups -OCH3 is 1. The molecule has 0 aliphatic heterocycles. The molecule has 0 saturated carbocycles. The monoisotopic (exact) mass is 472 g/mol. The van der Waals surface area contributed by atoms with Gasteiger partial charge in [0.05, 0.1) is 25.3 Å². The zero-order valence-electron chi connectivity index (χ0n) is 21.3. The van der Waals surface area contributed by atoms with Crippen LogP contribution in [0.25, 0.3) is 0 Å². The van der Waals surface area contributed by atoms with E-state index >= 15 is 0 Å². The molecule has 0 aliphatic carbocycles. The Labute approximate surface area is 203 Å². The van der Waals surface area contributed by atoms with Crippen molar-refractivity contribution in [2.45, 2.75) is 66.4 Å². The van der Waals surface area contributed by atoms with E-state index in [1.807, 2.05) is 58.0 Å². The number of ether oxygens (including phenoxy) is 1. The number of Topliss-reactive ketones (excluding diaryl/α,β-unsaturated/α-hetero) is 1. The van der Waals surface area contributed by atoms with Crippen molar-refractivity contribution in [2.75, 3.05) is 13.7 Å². The fourth-order valence-electron chi connectivity index (χ4n) is 3.43. The predicted octanol–water partition coefficient (Wildman–Crippen LogP) is 4.20. The second-order valence-electron chi connectivity index (χ2n) is 9.08. The van der Waals surface area contributed by atoms with Gasteiger partial charge in [-0.3, -0.25) is 14.4 Å². The average Bonchev–Trinajstić information content (AvgIpc) is 2.78. The fourth-order valence-corrected chi connectivity index (χ4v) is 3.43. The van der Waals surface area contributed by atoms with Gasteiger partial charge in [0.2, 0.25) is 5.91 Å². The second kappa shape index (κ2) is 14.4. The summed E-state index contributed by atoms with van der Waals surface area (Å²) in [5, 5.41) is 10.7. The van der Waals surface area contributed by atoms with Crippen LogP contribution in [0, 0.1) is 18.8 Å². The van der Waals surface area contributed by atoms with E-state index in [-0.39, 0.29) is 30.4 Å². The van der Waals surface area contributed by atoms with Crippen molar-refractivity contribution < 1.29 is 24.2 Å². The molecule has 1 unspecified atom stereocenters. The van der Waals surface area contributed by atoms with Crippen LogP contribution < -0.4 is 5.73 Å². The number of benzene rings is 1. The van der Waals surface area contributed by atoms with Gasteiger partial charge in [0.25, 0.3) is 5.91 Å². The zero-order chi connectivity index (χ0) is 25.8. The highest BCUT2D eigenvalue weighted by Crippen LogP contribution is 2.25. The molecule has 0 heterocycles. The number of amides is 2. The van der Waals surface area contributed by atoms with Gasteiger partial charge < -0.3 is 20.5 Å². The number of allylic oxidation sites excluding steroid dienone is 1. The summed E-state index contributed by atoms with van der Waals surface area (Å²) in [6.45, 7) is 9.33. The van der Waals surface area contributed by atoms with Gasteiger partial charge in [-0.25, -0.2) is 0 Å². The van der Waals surface area contributed by atoms with Gasteiger partial charge in [-0.1, -0.05) is 50.6 Å². The minimum absolute atomic E-state index is 0.00809. The molecule has 0 fully saturated rings. The van der Waals surface area contributed by atoms with Crippen molar-refractivity contribution in [1.82, 2.24) is 4.90 Å². The van der Waals surface area contributed by atoms with E-state index in [9.17, 15) is 19.5 Å². The Morgan fingerprint density at radius 1 is 1.18 bits per heavy atom. The molecule has 3 N–H and O–H groups in total. The summed E-state index contributed by atoms with van der Waals surface area (Å²) in [4.78, 5) is 37.9. The molecule has 7 nitrogen and oxygen atoms in total. The van der Waals surface area contributed by atoms with Crippen molar-refractivity contribution in [1.29, 1.82) is 0 Å². The molecule has 0 radical (unpaired) electrons. The Kier molecular flexibility index (Phi) is 12.3. The van der Waals surface area contributed by atoms with E-state index in [1.165, 1.54) is 25.1 Å². The van der Waals surface area contributed by atoms with Gasteiger partial charge in [-0.05, 0) is 56.6 Å². The predicted molar refractivity (Wildman–Crippen MR) is 133 cm³/mol. The first-order valence-corrected chi connectivity index (χ1v) is 11.8. The number of aliphatic hydroxyl groups is 1. The molecular formula is C27H40N2O5. The quantitative estimate of drug-likeness (QED) is 0.182. The lowest BCUT2D eigenvalue weighted by Crippen LogP contribution is -2.31. The maximum absolute atomic E-state index is 12.9. The molecule has 0 aromatic heterocycles. The van der Waals surface area contributed by atoms with E-state index in [0.29, 0.717) is 24.5 Å². The number of carbonyl (C=O) groups is 3. The summed E-state index contributed by atoms with van der Waals surface area (Å²) in [5.74, 6) is -0.807. The molecule has 0 saturated heterocycles. The average molecular weight is 473 g/mol. The number of ketones is 1. The molecule has 0 bridgehead atoms. The molecule has 2 amide bonds. The number of hydrogen-bond acceptors (Lipinski definition) is 5. The number of rotatable bonds is 14. The van der Waals surface area contributed by atoms with Gasteiger partial charge in [0.1, 0.15) is 5.76 Å². The van der Waals surface area contributed by atoms with Crippen LogP contribution in [0.1, 0.15) is 70.6 Å². The summed E-state index contributed by atoms with van der Waals surface area (Å²) >= 11 is 0. The normalized spacial score (nSPS) is 14.0. The Morgan fingerprint density at radius 2 is 1.79 bits per heavy atom. The van der Waals surface area contributed by atoms with Gasteiger partial charge in [0, 0.05) is 12.6 Å². The smallest absolute Gasteiger partial charge is 0.253 e. The van der Waals surface area contributed by atoms with Crippen molar-refractivity contribution in [3.8, 4) is 0 Å². The Bertz CT molecular complexity index is 871. The Morgan fingerprint density at radius 3 is 2.26 bits per heavy atom. The van der Waals surface area contributed by atoms with Crippen molar-refractivity contribution in [3.63, 3.8) is 0 Å². The third kappa shape index (κ3) is 9.91. The molecule has 0 spiro atoms. The maximum atomic E-state index is 12.9. The molecule has 1 rings (SSSR count). The first-order chi connectivity index (χ1) is 16.0. The Hall–Kier alpha value is -2.93. The summed E-state index contributed by atoms with van der Waals surface area (Å²) < 4.78 is 5.55. The first-order valence-electron chi connectivity index (χ1n) is 11.8. The fraction of sp³-hybridized carbons (Fsp3) is 0.519. The maximum Gasteiger partial charge on any atom is 0.253 e. The Balaban J connectivity index is 3.15. The number of hydrogen-bond donors (Lipinski definition) is 2. The largest absolute Gasteiger partial charge is 0.500 e. The van der Waals surface area contributed by atoms with Crippen LogP contribution in [0.4, 0.5) is 0 Å². The van der Waals surface area contributed by atoms with Crippen molar-refractivity contribution in [2.24, 2.45) is 17.6 Å². The lowest BCUT2D eigenvalue weighted by atomic mass is 9.93. The number of primary amides is 1. The molecule has 0 aliphatic rings. The van der Waals surface area contributed by atoms with Gasteiger partial charge in [0.15, 0.2) is 5.78 Å². The number of nitrogens with zero attached hydrogens (tertiary/aromatic N) is 1. The van der Waals surface area contributed by atoms with Crippen molar-refractivity contribution in [3.05, 3.63) is 59.0 Å². The zero-order valence-corrected chi connectivity index (χ0v) is 21.3. The van der Waals surface area contributed by atoms with E-state index in [4.69, 9.17) is 10.5 Å². The van der Waals surface area contributed by atoms with Crippen LogP contribution in [-0.4, -0.2) is 41.3 Å². The van der Waals surface area contributed by atoms with Crippen LogP contribution >= 0.6 is 0 Å². The van der Waals surface area contributed by atoms with E-state index in [0.717, 1.165) is 17.5 Å². The first kappa shape index (κ1) is 29.1. The van der Waals surface area contributed by atoms with Crippen LogP contribution in [-0.2, 0) is 19.1 Å². The minimum atomic E-state index is -0.884. The lowest BCUT2D eigenvalue weighted by molar-refractivity contribution is -0.129. The molecule has 2 atom stereocenters. The SMILES string of the molecule is CCC(/C=C(/CN(/C=C(\C(C)=O)C(N)=O)C(=O)CCC(C)C)OC)C[C@H](O)c1ccc(C)cc1. The number of aryl methyl sites for hydroxylation is 1. The van der Waals surface area contributed by atoms with Crippen LogP contribution in [0.5, 0.6) is 0 Å². The lowest BCUT2D eigenvalue weighted by Gasteiger charge is -2.23. The van der Waals surface area contributed by atoms with E-state index in [2.05, 4.69) is 0 Å². The highest BCUT2D eigenvalue weighted by Gasteiger charge is 2.21. The standard InChI is InChI=1S/C27H40N2O5/c1-7-21(15-25(31)22-11-9-19(4)10-12-22)14-23(34-6)16-29(26(32)13-8-18(2)3)17-24(20(5)30)27(28)33/h9-12,14,17-18,21,25,31H,7-8,13,15-16H2,1-6H3,(H2,28,33)/b23-14-,24-17+/t21?,25-/m0/s1. The highest BCUT2D eigenvalue weighted by atomic mass is 16.5. The molecule has 7 heteroatoms. The molecule has 1 aromatic carbocycles. The summed E-state index contributed by atoms with van der Waals surface area (Å²) in [7, 11) is 1.51. The molecule has 188 valence electrons. The van der Waals surface area contributed by atoms with Gasteiger partial charge >= 0.3 is 0 Å². The van der Waals surface area contributed by atoms with E-state index < -0.39 is 17.8 Å². The van der Waals surface area contributed by atoms with Crippen LogP contribution in [0.3, 0.4) is 0 Å². The molecule has 34 heavy (non-hydrogen) atoms. The number of aliphatic hydroxyl groups excluding tert-OH is 1. The summed E-state index contributed by atoms with van der Waals surface area (Å²) in [6, 6.07) is 7.77. The van der Waals surface area contributed by atoms with Crippen molar-refractivity contribution >= 4 is 17.6 Å².